The van der Waals surface area contributed by atoms with E-state index in [2.05, 4.69) is 20.0 Å². The lowest BCUT2D eigenvalue weighted by molar-refractivity contribution is 0.222. The third-order valence-corrected chi connectivity index (χ3v) is 7.67. The molecule has 1 aromatic carbocycles. The lowest BCUT2D eigenvalue weighted by Crippen LogP contribution is -2.47. The normalized spacial score (nSPS) is 16.0. The standard InChI is InChI=1S/C21H28N6O4S/c1-5-6-16-18-19(26(3)24-16)21(28)23-20(22-18)15-13-14(7-8-17(15)31-4)32(29,30)27-11-9-25(2)10-12-27/h7-8,13H,5-6,9-12H2,1-4H3,(H,22,23,28). The van der Waals surface area contributed by atoms with E-state index in [0.717, 1.165) is 12.1 Å². The molecule has 4 rings (SSSR count). The van der Waals surface area contributed by atoms with Gasteiger partial charge in [0.2, 0.25) is 10.0 Å². The fraction of sp³-hybridized carbons (Fsp3) is 0.476. The number of fused-ring (bicyclic) bond motifs is 1. The number of nitrogens with zero attached hydrogens (tertiary/aromatic N) is 5. The molecule has 0 unspecified atom stereocenters. The van der Waals surface area contributed by atoms with Gasteiger partial charge in [-0.3, -0.25) is 9.48 Å². The summed E-state index contributed by atoms with van der Waals surface area (Å²) in [5.41, 5.74) is 1.71. The van der Waals surface area contributed by atoms with Crippen LogP contribution in [0.5, 0.6) is 5.75 Å². The van der Waals surface area contributed by atoms with Crippen molar-refractivity contribution in [1.82, 2.24) is 29.0 Å². The van der Waals surface area contributed by atoms with Crippen molar-refractivity contribution in [3.8, 4) is 17.1 Å². The maximum Gasteiger partial charge on any atom is 0.277 e. The van der Waals surface area contributed by atoms with Crippen molar-refractivity contribution in [3.05, 3.63) is 34.2 Å². The molecule has 32 heavy (non-hydrogen) atoms. The van der Waals surface area contributed by atoms with Gasteiger partial charge in [0.05, 0.1) is 23.3 Å². The highest BCUT2D eigenvalue weighted by molar-refractivity contribution is 7.89. The summed E-state index contributed by atoms with van der Waals surface area (Å²) >= 11 is 0. The number of aryl methyl sites for hydroxylation is 2. The minimum Gasteiger partial charge on any atom is -0.496 e. The van der Waals surface area contributed by atoms with Crippen LogP contribution >= 0.6 is 0 Å². The van der Waals surface area contributed by atoms with Gasteiger partial charge in [0.15, 0.2) is 5.52 Å². The number of piperazine rings is 1. The van der Waals surface area contributed by atoms with Crippen molar-refractivity contribution in [2.45, 2.75) is 24.7 Å². The van der Waals surface area contributed by atoms with Crippen LogP contribution in [0.4, 0.5) is 0 Å². The summed E-state index contributed by atoms with van der Waals surface area (Å²) < 4.78 is 35.0. The van der Waals surface area contributed by atoms with Gasteiger partial charge in [-0.1, -0.05) is 13.3 Å². The molecule has 2 aromatic heterocycles. The first-order chi connectivity index (χ1) is 15.3. The van der Waals surface area contributed by atoms with E-state index in [1.54, 1.807) is 13.1 Å². The monoisotopic (exact) mass is 460 g/mol. The van der Waals surface area contributed by atoms with E-state index in [-0.39, 0.29) is 16.3 Å². The van der Waals surface area contributed by atoms with Crippen LogP contribution in [0.1, 0.15) is 19.0 Å². The third kappa shape index (κ3) is 3.91. The molecule has 172 valence electrons. The first-order valence-corrected chi connectivity index (χ1v) is 12.0. The predicted molar refractivity (Wildman–Crippen MR) is 121 cm³/mol. The van der Waals surface area contributed by atoms with Gasteiger partial charge < -0.3 is 14.6 Å². The molecule has 3 heterocycles. The van der Waals surface area contributed by atoms with Crippen LogP contribution in [0.25, 0.3) is 22.4 Å². The Balaban J connectivity index is 1.84. The molecule has 10 nitrogen and oxygen atoms in total. The molecular weight excluding hydrogens is 432 g/mol. The molecule has 1 N–H and O–H groups in total. The molecule has 1 aliphatic rings. The average molecular weight is 461 g/mol. The Kier molecular flexibility index (Phi) is 6.06. The highest BCUT2D eigenvalue weighted by Crippen LogP contribution is 2.32. The fourth-order valence-corrected chi connectivity index (χ4v) is 5.44. The summed E-state index contributed by atoms with van der Waals surface area (Å²) in [7, 11) is 1.49. The van der Waals surface area contributed by atoms with E-state index in [1.807, 2.05) is 14.0 Å². The molecule has 0 spiro atoms. The van der Waals surface area contributed by atoms with Crippen molar-refractivity contribution in [2.24, 2.45) is 7.05 Å². The van der Waals surface area contributed by atoms with Crippen LogP contribution in [-0.4, -0.2) is 77.7 Å². The topological polar surface area (TPSA) is 113 Å². The first kappa shape index (κ1) is 22.4. The highest BCUT2D eigenvalue weighted by atomic mass is 32.2. The second-order valence-electron chi connectivity index (χ2n) is 8.00. The van der Waals surface area contributed by atoms with Crippen molar-refractivity contribution in [1.29, 1.82) is 0 Å². The zero-order valence-corrected chi connectivity index (χ0v) is 19.6. The van der Waals surface area contributed by atoms with Crippen LogP contribution in [-0.2, 0) is 23.5 Å². The third-order valence-electron chi connectivity index (χ3n) is 5.78. The lowest BCUT2D eigenvalue weighted by Gasteiger charge is -2.31. The molecule has 11 heteroatoms. The molecule has 0 aliphatic carbocycles. The van der Waals surface area contributed by atoms with Gasteiger partial charge >= 0.3 is 0 Å². The molecule has 1 aliphatic heterocycles. The van der Waals surface area contributed by atoms with Gasteiger partial charge in [-0.05, 0) is 31.7 Å². The zero-order chi connectivity index (χ0) is 23.0. The highest BCUT2D eigenvalue weighted by Gasteiger charge is 2.28. The van der Waals surface area contributed by atoms with Crippen LogP contribution in [0.3, 0.4) is 0 Å². The number of H-pyrrole nitrogens is 1. The van der Waals surface area contributed by atoms with Gasteiger partial charge in [0, 0.05) is 33.2 Å². The Bertz CT molecular complexity index is 1310. The Morgan fingerprint density at radius 2 is 1.88 bits per heavy atom. The average Bonchev–Trinajstić information content (AvgIpc) is 3.09. The van der Waals surface area contributed by atoms with Gasteiger partial charge in [-0.2, -0.15) is 9.40 Å². The van der Waals surface area contributed by atoms with Crippen molar-refractivity contribution in [3.63, 3.8) is 0 Å². The summed E-state index contributed by atoms with van der Waals surface area (Å²) in [6.45, 7) is 4.24. The van der Waals surface area contributed by atoms with Gasteiger partial charge in [-0.25, -0.2) is 13.4 Å². The molecule has 1 fully saturated rings. The van der Waals surface area contributed by atoms with E-state index in [4.69, 9.17) is 4.74 Å². The smallest absolute Gasteiger partial charge is 0.277 e. The summed E-state index contributed by atoms with van der Waals surface area (Å²) in [4.78, 5) is 22.5. The van der Waals surface area contributed by atoms with E-state index in [0.29, 0.717) is 54.9 Å². The van der Waals surface area contributed by atoms with Crippen molar-refractivity contribution in [2.75, 3.05) is 40.3 Å². The minimum absolute atomic E-state index is 0.139. The number of hydrogen-bond acceptors (Lipinski definition) is 7. The van der Waals surface area contributed by atoms with E-state index in [1.165, 1.54) is 28.2 Å². The Labute approximate surface area is 186 Å². The second kappa shape index (κ2) is 8.64. The number of likely N-dealkylation sites (N-methyl/N-ethyl adjacent to an activating group) is 1. The molecule has 1 saturated heterocycles. The van der Waals surface area contributed by atoms with Gasteiger partial charge in [0.25, 0.3) is 5.56 Å². The quantitative estimate of drug-likeness (QED) is 0.588. The number of sulfonamides is 1. The molecule has 0 saturated carbocycles. The summed E-state index contributed by atoms with van der Waals surface area (Å²) in [6, 6.07) is 4.64. The molecule has 0 bridgehead atoms. The maximum absolute atomic E-state index is 13.3. The number of benzene rings is 1. The Morgan fingerprint density at radius 1 is 1.16 bits per heavy atom. The SMILES string of the molecule is CCCc1nn(C)c2c(=O)[nH]c(-c3cc(S(=O)(=O)N4CCN(C)CC4)ccc3OC)nc12. The first-order valence-electron chi connectivity index (χ1n) is 10.6. The molecular formula is C21H28N6O4S. The molecule has 0 amide bonds. The minimum atomic E-state index is -3.69. The Morgan fingerprint density at radius 3 is 2.53 bits per heavy atom. The van der Waals surface area contributed by atoms with Crippen LogP contribution in [0.2, 0.25) is 0 Å². The second-order valence-corrected chi connectivity index (χ2v) is 9.94. The molecule has 0 radical (unpaired) electrons. The predicted octanol–water partition coefficient (Wildman–Crippen LogP) is 1.22. The summed E-state index contributed by atoms with van der Waals surface area (Å²) in [6.07, 6.45) is 1.54. The number of rotatable bonds is 6. The lowest BCUT2D eigenvalue weighted by atomic mass is 10.1. The zero-order valence-electron chi connectivity index (χ0n) is 18.8. The summed E-state index contributed by atoms with van der Waals surface area (Å²) in [5, 5.41) is 4.44. The largest absolute Gasteiger partial charge is 0.496 e. The van der Waals surface area contributed by atoms with E-state index >= 15 is 0 Å². The number of methoxy groups -OCH3 is 1. The Hall–Kier alpha value is -2.76. The number of ether oxygens (including phenoxy) is 1. The van der Waals surface area contributed by atoms with Crippen LogP contribution < -0.4 is 10.3 Å². The van der Waals surface area contributed by atoms with E-state index < -0.39 is 10.0 Å². The fourth-order valence-electron chi connectivity index (χ4n) is 3.99. The summed E-state index contributed by atoms with van der Waals surface area (Å²) in [5.74, 6) is 0.672. The van der Waals surface area contributed by atoms with Crippen molar-refractivity contribution < 1.29 is 13.2 Å². The maximum atomic E-state index is 13.3. The van der Waals surface area contributed by atoms with Crippen LogP contribution in [0.15, 0.2) is 27.9 Å². The number of hydrogen-bond donors (Lipinski definition) is 1. The number of aromatic nitrogens is 4. The number of nitrogens with one attached hydrogen (secondary N) is 1. The molecule has 3 aromatic rings. The van der Waals surface area contributed by atoms with Gasteiger partial charge in [0.1, 0.15) is 17.1 Å². The van der Waals surface area contributed by atoms with E-state index in [9.17, 15) is 13.2 Å². The number of aromatic amines is 1. The van der Waals surface area contributed by atoms with Crippen molar-refractivity contribution >= 4 is 21.1 Å². The van der Waals surface area contributed by atoms with Crippen LogP contribution in [0, 0.1) is 0 Å². The molecule has 0 atom stereocenters. The van der Waals surface area contributed by atoms with Gasteiger partial charge in [-0.15, -0.1) is 0 Å².